The van der Waals surface area contributed by atoms with Crippen molar-refractivity contribution in [2.24, 2.45) is 11.7 Å². The third kappa shape index (κ3) is 4.05. The van der Waals surface area contributed by atoms with Crippen molar-refractivity contribution in [1.82, 2.24) is 4.90 Å². The van der Waals surface area contributed by atoms with Crippen LogP contribution in [0.1, 0.15) is 38.6 Å². The predicted octanol–water partition coefficient (Wildman–Crippen LogP) is 3.88. The average Bonchev–Trinajstić information content (AvgIpc) is 2.64. The topological polar surface area (TPSA) is 29.3 Å². The molecule has 0 aliphatic rings. The van der Waals surface area contributed by atoms with E-state index in [0.717, 1.165) is 6.54 Å². The van der Waals surface area contributed by atoms with E-state index in [1.165, 1.54) is 9.35 Å². The summed E-state index contributed by atoms with van der Waals surface area (Å²) in [6.45, 7) is 10.8. The van der Waals surface area contributed by atoms with Crippen molar-refractivity contribution in [2.45, 2.75) is 39.8 Å². The number of nitrogens with zero attached hydrogens (tertiary/aromatic N) is 1. The van der Waals surface area contributed by atoms with Crippen LogP contribution < -0.4 is 5.73 Å². The highest BCUT2D eigenvalue weighted by molar-refractivity contribution is 9.10. The van der Waals surface area contributed by atoms with Crippen LogP contribution in [0.25, 0.3) is 0 Å². The Bertz CT molecular complexity index is 336. The molecule has 0 aliphatic heterocycles. The first-order valence-electron chi connectivity index (χ1n) is 6.16. The minimum absolute atomic E-state index is 0.326. The molecule has 0 fully saturated rings. The van der Waals surface area contributed by atoms with Gasteiger partial charge in [-0.15, -0.1) is 11.3 Å². The first-order valence-corrected chi connectivity index (χ1v) is 7.83. The summed E-state index contributed by atoms with van der Waals surface area (Å²) >= 11 is 5.41. The van der Waals surface area contributed by atoms with Crippen molar-refractivity contribution in [2.75, 3.05) is 13.1 Å². The van der Waals surface area contributed by atoms with Crippen molar-refractivity contribution < 1.29 is 0 Å². The highest BCUT2D eigenvalue weighted by Gasteiger charge is 2.24. The summed E-state index contributed by atoms with van der Waals surface area (Å²) in [5, 5.41) is 2.12. The quantitative estimate of drug-likeness (QED) is 0.862. The molecule has 98 valence electrons. The van der Waals surface area contributed by atoms with Crippen molar-refractivity contribution in [3.05, 3.63) is 20.8 Å². The Balaban J connectivity index is 2.93. The van der Waals surface area contributed by atoms with Crippen LogP contribution in [0, 0.1) is 5.92 Å². The smallest absolute Gasteiger partial charge is 0.0578 e. The SMILES string of the molecule is CC(C)CN(C(C)C)C(CN)c1sccc1Br. The maximum atomic E-state index is 5.99. The molecule has 0 aliphatic carbocycles. The molecule has 4 heteroatoms. The van der Waals surface area contributed by atoms with Crippen LogP contribution in [0.2, 0.25) is 0 Å². The maximum Gasteiger partial charge on any atom is 0.0578 e. The van der Waals surface area contributed by atoms with Crippen LogP contribution in [0.15, 0.2) is 15.9 Å². The number of hydrogen-bond donors (Lipinski definition) is 1. The Morgan fingerprint density at radius 1 is 1.35 bits per heavy atom. The third-order valence-electron chi connectivity index (χ3n) is 2.81. The van der Waals surface area contributed by atoms with E-state index in [0.29, 0.717) is 24.5 Å². The third-order valence-corrected chi connectivity index (χ3v) is 4.78. The molecule has 17 heavy (non-hydrogen) atoms. The number of hydrogen-bond acceptors (Lipinski definition) is 3. The zero-order chi connectivity index (χ0) is 13.0. The molecule has 0 amide bonds. The summed E-state index contributed by atoms with van der Waals surface area (Å²) in [4.78, 5) is 3.85. The Morgan fingerprint density at radius 2 is 2.00 bits per heavy atom. The van der Waals surface area contributed by atoms with Crippen LogP contribution in [0.3, 0.4) is 0 Å². The number of thiophene rings is 1. The van der Waals surface area contributed by atoms with Crippen molar-refractivity contribution in [3.63, 3.8) is 0 Å². The Kier molecular flexibility index (Phi) is 6.13. The highest BCUT2D eigenvalue weighted by Crippen LogP contribution is 2.33. The van der Waals surface area contributed by atoms with Gasteiger partial charge in [0.25, 0.3) is 0 Å². The van der Waals surface area contributed by atoms with Gasteiger partial charge in [0.05, 0.1) is 6.04 Å². The summed E-state index contributed by atoms with van der Waals surface area (Å²) in [7, 11) is 0. The molecule has 2 nitrogen and oxygen atoms in total. The van der Waals surface area contributed by atoms with Gasteiger partial charge >= 0.3 is 0 Å². The molecule has 1 unspecified atom stereocenters. The predicted molar refractivity (Wildman–Crippen MR) is 80.5 cm³/mol. The fourth-order valence-electron chi connectivity index (χ4n) is 2.06. The number of rotatable bonds is 6. The van der Waals surface area contributed by atoms with Crippen molar-refractivity contribution >= 4 is 27.3 Å². The van der Waals surface area contributed by atoms with E-state index in [4.69, 9.17) is 5.73 Å². The van der Waals surface area contributed by atoms with E-state index in [2.05, 4.69) is 60.0 Å². The summed E-state index contributed by atoms with van der Waals surface area (Å²) in [6, 6.07) is 2.95. The lowest BCUT2D eigenvalue weighted by Crippen LogP contribution is -2.40. The molecule has 1 aromatic heterocycles. The Morgan fingerprint density at radius 3 is 2.35 bits per heavy atom. The van der Waals surface area contributed by atoms with Crippen LogP contribution in [0.5, 0.6) is 0 Å². The average molecular weight is 319 g/mol. The lowest BCUT2D eigenvalue weighted by atomic mass is 10.1. The fraction of sp³-hybridized carbons (Fsp3) is 0.692. The van der Waals surface area contributed by atoms with Gasteiger partial charge in [0, 0.05) is 28.5 Å². The second-order valence-electron chi connectivity index (χ2n) is 5.07. The molecule has 1 aromatic rings. The molecular formula is C13H23BrN2S. The molecule has 0 bridgehead atoms. The van der Waals surface area contributed by atoms with Crippen LogP contribution >= 0.6 is 27.3 Å². The van der Waals surface area contributed by atoms with Gasteiger partial charge in [0.2, 0.25) is 0 Å². The highest BCUT2D eigenvalue weighted by atomic mass is 79.9. The molecule has 0 radical (unpaired) electrons. The zero-order valence-corrected chi connectivity index (χ0v) is 13.5. The minimum atomic E-state index is 0.326. The molecule has 0 spiro atoms. The van der Waals surface area contributed by atoms with E-state index in [-0.39, 0.29) is 0 Å². The normalized spacial score (nSPS) is 13.9. The van der Waals surface area contributed by atoms with Gasteiger partial charge < -0.3 is 5.73 Å². The number of nitrogens with two attached hydrogens (primary N) is 1. The molecule has 0 aromatic carbocycles. The van der Waals surface area contributed by atoms with E-state index in [1.807, 2.05) is 0 Å². The van der Waals surface area contributed by atoms with Crippen molar-refractivity contribution in [3.8, 4) is 0 Å². The van der Waals surface area contributed by atoms with E-state index < -0.39 is 0 Å². The second-order valence-corrected chi connectivity index (χ2v) is 6.87. The van der Waals surface area contributed by atoms with E-state index in [9.17, 15) is 0 Å². The standard InChI is InChI=1S/C13H23BrN2S/c1-9(2)8-16(10(3)4)12(7-15)13-11(14)5-6-17-13/h5-6,9-10,12H,7-8,15H2,1-4H3. The molecule has 0 saturated carbocycles. The van der Waals surface area contributed by atoms with Gasteiger partial charge in [-0.25, -0.2) is 0 Å². The lowest BCUT2D eigenvalue weighted by molar-refractivity contribution is 0.140. The lowest BCUT2D eigenvalue weighted by Gasteiger charge is -2.35. The molecule has 2 N–H and O–H groups in total. The molecule has 1 rings (SSSR count). The fourth-order valence-corrected chi connectivity index (χ4v) is 3.83. The van der Waals surface area contributed by atoms with Crippen molar-refractivity contribution in [1.29, 1.82) is 0 Å². The Hall–Kier alpha value is 0.100. The van der Waals surface area contributed by atoms with Crippen LogP contribution in [-0.2, 0) is 0 Å². The largest absolute Gasteiger partial charge is 0.329 e. The van der Waals surface area contributed by atoms with Gasteiger partial charge in [0.15, 0.2) is 0 Å². The monoisotopic (exact) mass is 318 g/mol. The van der Waals surface area contributed by atoms with Gasteiger partial charge in [-0.1, -0.05) is 13.8 Å². The van der Waals surface area contributed by atoms with Gasteiger partial charge in [0.1, 0.15) is 0 Å². The molecule has 1 atom stereocenters. The first-order chi connectivity index (χ1) is 7.97. The maximum absolute atomic E-state index is 5.99. The summed E-state index contributed by atoms with van der Waals surface area (Å²) in [6.07, 6.45) is 0. The molecule has 1 heterocycles. The Labute approximate surface area is 117 Å². The molecule has 0 saturated heterocycles. The van der Waals surface area contributed by atoms with Crippen LogP contribution in [-0.4, -0.2) is 24.0 Å². The van der Waals surface area contributed by atoms with Gasteiger partial charge in [-0.05, 0) is 47.1 Å². The summed E-state index contributed by atoms with van der Waals surface area (Å²) in [5.41, 5.74) is 5.99. The summed E-state index contributed by atoms with van der Waals surface area (Å²) < 4.78 is 1.19. The summed E-state index contributed by atoms with van der Waals surface area (Å²) in [5.74, 6) is 0.658. The van der Waals surface area contributed by atoms with Gasteiger partial charge in [-0.2, -0.15) is 0 Å². The van der Waals surface area contributed by atoms with Crippen LogP contribution in [0.4, 0.5) is 0 Å². The minimum Gasteiger partial charge on any atom is -0.329 e. The molecular weight excluding hydrogens is 296 g/mol. The zero-order valence-electron chi connectivity index (χ0n) is 11.1. The number of halogens is 1. The van der Waals surface area contributed by atoms with Gasteiger partial charge in [-0.3, -0.25) is 4.90 Å². The van der Waals surface area contributed by atoms with E-state index in [1.54, 1.807) is 11.3 Å². The second kappa shape index (κ2) is 6.88. The first kappa shape index (κ1) is 15.2. The van der Waals surface area contributed by atoms with E-state index >= 15 is 0 Å².